The lowest BCUT2D eigenvalue weighted by molar-refractivity contribution is 0.670. The Morgan fingerprint density at radius 3 is 1.53 bits per heavy atom. The molecule has 0 unspecified atom stereocenters. The summed E-state index contributed by atoms with van der Waals surface area (Å²) in [4.78, 5) is 2.37. The molecular weight excluding hydrogens is 869 g/mol. The quantitative estimate of drug-likeness (QED) is 0.151. The zero-order valence-corrected chi connectivity index (χ0v) is 38.8. The molecule has 0 radical (unpaired) electrons. The molecule has 3 heterocycles. The first kappa shape index (κ1) is 40.1. The van der Waals surface area contributed by atoms with E-state index < -0.39 is 0 Å². The third-order valence-electron chi connectivity index (χ3n) is 14.0. The number of rotatable bonds is 8. The Bertz CT molecular complexity index is 4220. The van der Waals surface area contributed by atoms with Gasteiger partial charge in [0.1, 0.15) is 11.2 Å². The molecule has 4 heteroatoms. The van der Waals surface area contributed by atoms with Crippen molar-refractivity contribution in [3.8, 4) is 50.2 Å². The number of hydrogen-bond acceptors (Lipinski definition) is 3. The molecule has 11 aromatic carbocycles. The Morgan fingerprint density at radius 1 is 0.329 bits per heavy atom. The predicted octanol–water partition coefficient (Wildman–Crippen LogP) is 19.2. The third kappa shape index (κ3) is 6.64. The van der Waals surface area contributed by atoms with Crippen molar-refractivity contribution in [3.05, 3.63) is 255 Å². The molecule has 3 aromatic heterocycles. The van der Waals surface area contributed by atoms with Crippen LogP contribution < -0.4 is 4.90 Å². The maximum atomic E-state index is 6.53. The van der Waals surface area contributed by atoms with Crippen LogP contribution in [0.1, 0.15) is 0 Å². The largest absolute Gasteiger partial charge is 0.455 e. The van der Waals surface area contributed by atoms with Crippen molar-refractivity contribution in [2.75, 3.05) is 4.90 Å². The molecule has 0 saturated carbocycles. The van der Waals surface area contributed by atoms with Gasteiger partial charge in [0.25, 0.3) is 0 Å². The zero-order chi connectivity index (χ0) is 46.1. The predicted molar refractivity (Wildman–Crippen MR) is 297 cm³/mol. The van der Waals surface area contributed by atoms with E-state index in [0.29, 0.717) is 0 Å². The van der Waals surface area contributed by atoms with Crippen molar-refractivity contribution in [2.24, 2.45) is 0 Å². The maximum Gasteiger partial charge on any atom is 0.143 e. The summed E-state index contributed by atoms with van der Waals surface area (Å²) in [6.07, 6.45) is 0. The summed E-state index contributed by atoms with van der Waals surface area (Å²) in [5, 5.41) is 7.38. The molecule has 0 aliphatic carbocycles. The SMILES string of the molecule is c1ccc(-c2cccc3c2oc2ccc(-c4ccc(N(c5ccc(-c6cccc(-n7c8ccccc8c8ccccc87)c6)cc5)c5ccc(-c6cccc7sc8ccccc8c67)cc5)cc4)cc23)cc1. The van der Waals surface area contributed by atoms with Crippen LogP contribution in [0.5, 0.6) is 0 Å². The molecule has 0 aliphatic heterocycles. The van der Waals surface area contributed by atoms with Gasteiger partial charge >= 0.3 is 0 Å². The van der Waals surface area contributed by atoms with E-state index in [1.165, 1.54) is 58.7 Å². The minimum absolute atomic E-state index is 0.888. The zero-order valence-electron chi connectivity index (χ0n) is 38.0. The third-order valence-corrected chi connectivity index (χ3v) is 15.2. The Balaban J connectivity index is 0.842. The molecule has 0 aliphatic rings. The van der Waals surface area contributed by atoms with E-state index in [-0.39, 0.29) is 0 Å². The molecule has 70 heavy (non-hydrogen) atoms. The van der Waals surface area contributed by atoms with Crippen LogP contribution in [0.4, 0.5) is 17.1 Å². The van der Waals surface area contributed by atoms with Gasteiger partial charge in [0.15, 0.2) is 0 Å². The topological polar surface area (TPSA) is 21.3 Å². The molecular formula is C66H42N2OS. The lowest BCUT2D eigenvalue weighted by Gasteiger charge is -2.26. The monoisotopic (exact) mass is 910 g/mol. The van der Waals surface area contributed by atoms with Gasteiger partial charge in [-0.15, -0.1) is 11.3 Å². The van der Waals surface area contributed by atoms with Crippen LogP contribution in [-0.4, -0.2) is 4.57 Å². The molecule has 0 amide bonds. The van der Waals surface area contributed by atoms with E-state index in [1.54, 1.807) is 0 Å². The average Bonchev–Trinajstić information content (AvgIpc) is 4.12. The highest BCUT2D eigenvalue weighted by atomic mass is 32.1. The Hall–Kier alpha value is -8.96. The highest BCUT2D eigenvalue weighted by molar-refractivity contribution is 7.25. The van der Waals surface area contributed by atoms with Gasteiger partial charge in [-0.25, -0.2) is 0 Å². The Kier molecular flexibility index (Phi) is 9.39. The second kappa shape index (κ2) is 16.4. The van der Waals surface area contributed by atoms with E-state index in [0.717, 1.165) is 72.5 Å². The number of fused-ring (bicyclic) bond motifs is 9. The number of para-hydroxylation sites is 3. The fraction of sp³-hybridized carbons (Fsp3) is 0. The highest BCUT2D eigenvalue weighted by Crippen LogP contribution is 2.43. The summed E-state index contributed by atoms with van der Waals surface area (Å²) in [5.74, 6) is 0. The van der Waals surface area contributed by atoms with Crippen LogP contribution in [0.2, 0.25) is 0 Å². The van der Waals surface area contributed by atoms with Crippen LogP contribution in [0.15, 0.2) is 259 Å². The van der Waals surface area contributed by atoms with E-state index in [4.69, 9.17) is 4.42 Å². The maximum absolute atomic E-state index is 6.53. The highest BCUT2D eigenvalue weighted by Gasteiger charge is 2.18. The van der Waals surface area contributed by atoms with Gasteiger partial charge in [0.2, 0.25) is 0 Å². The van der Waals surface area contributed by atoms with Gasteiger partial charge in [-0.3, -0.25) is 0 Å². The number of aromatic nitrogens is 1. The van der Waals surface area contributed by atoms with Crippen LogP contribution in [0.25, 0.3) is 114 Å². The first-order valence-corrected chi connectivity index (χ1v) is 24.6. The second-order valence-corrected chi connectivity index (χ2v) is 19.1. The molecule has 0 fully saturated rings. The lowest BCUT2D eigenvalue weighted by atomic mass is 9.98. The van der Waals surface area contributed by atoms with Crippen molar-refractivity contribution in [2.45, 2.75) is 0 Å². The van der Waals surface area contributed by atoms with E-state index in [1.807, 2.05) is 17.4 Å². The molecule has 0 N–H and O–H groups in total. The number of benzene rings is 11. The van der Waals surface area contributed by atoms with Crippen molar-refractivity contribution in [1.82, 2.24) is 4.57 Å². The van der Waals surface area contributed by atoms with Crippen molar-refractivity contribution < 1.29 is 4.42 Å². The van der Waals surface area contributed by atoms with Gasteiger partial charge in [0.05, 0.1) is 11.0 Å². The van der Waals surface area contributed by atoms with Crippen LogP contribution in [0, 0.1) is 0 Å². The van der Waals surface area contributed by atoms with Crippen LogP contribution in [0.3, 0.4) is 0 Å². The summed E-state index contributed by atoms with van der Waals surface area (Å²) in [5.41, 5.74) is 17.9. The van der Waals surface area contributed by atoms with E-state index in [9.17, 15) is 0 Å². The van der Waals surface area contributed by atoms with Gasteiger partial charge in [-0.05, 0) is 124 Å². The number of thiophene rings is 1. The Labute approximate surface area is 409 Å². The molecule has 14 rings (SSSR count). The van der Waals surface area contributed by atoms with Gasteiger partial charge < -0.3 is 13.9 Å². The smallest absolute Gasteiger partial charge is 0.143 e. The van der Waals surface area contributed by atoms with Gasteiger partial charge in [-0.2, -0.15) is 0 Å². The standard InChI is InChI=1S/C66H42N2OS/c1-2-13-45(14-3-1)54-21-11-22-57-59-42-48(33-40-62(59)69-66(54)57)44-29-36-50(37-30-44)67(51-38-31-46(32-39-51)53-20-12-26-64-65(53)58-19-6-9-25-63(58)70-64)49-34-27-43(28-35-49)47-15-10-16-52(41-47)68-60-23-7-4-17-55(60)56-18-5-8-24-61(56)68/h1-42H. The van der Waals surface area contributed by atoms with E-state index in [2.05, 4.69) is 258 Å². The molecule has 0 atom stereocenters. The first-order valence-electron chi connectivity index (χ1n) is 23.8. The average molecular weight is 911 g/mol. The molecule has 0 saturated heterocycles. The molecule has 328 valence electrons. The number of furan rings is 1. The molecule has 3 nitrogen and oxygen atoms in total. The van der Waals surface area contributed by atoms with Crippen LogP contribution >= 0.6 is 11.3 Å². The lowest BCUT2D eigenvalue weighted by Crippen LogP contribution is -2.09. The van der Waals surface area contributed by atoms with E-state index >= 15 is 0 Å². The molecule has 14 aromatic rings. The summed E-state index contributed by atoms with van der Waals surface area (Å²) in [6, 6.07) is 92.3. The molecule has 0 bridgehead atoms. The van der Waals surface area contributed by atoms with Gasteiger partial charge in [0, 0.05) is 70.0 Å². The number of anilines is 3. The summed E-state index contributed by atoms with van der Waals surface area (Å²) < 4.78 is 11.5. The summed E-state index contributed by atoms with van der Waals surface area (Å²) in [6.45, 7) is 0. The van der Waals surface area contributed by atoms with Crippen molar-refractivity contribution >= 4 is 92.3 Å². The number of nitrogens with zero attached hydrogens (tertiary/aromatic N) is 2. The second-order valence-electron chi connectivity index (χ2n) is 18.0. The minimum atomic E-state index is 0.888. The fourth-order valence-corrected chi connectivity index (χ4v) is 11.8. The fourth-order valence-electron chi connectivity index (χ4n) is 10.7. The van der Waals surface area contributed by atoms with Crippen LogP contribution in [-0.2, 0) is 0 Å². The normalized spacial score (nSPS) is 11.7. The minimum Gasteiger partial charge on any atom is -0.455 e. The van der Waals surface area contributed by atoms with Crippen molar-refractivity contribution in [1.29, 1.82) is 0 Å². The molecule has 0 spiro atoms. The summed E-state index contributed by atoms with van der Waals surface area (Å²) in [7, 11) is 0. The van der Waals surface area contributed by atoms with Gasteiger partial charge in [-0.1, -0.05) is 170 Å². The van der Waals surface area contributed by atoms with Crippen molar-refractivity contribution in [3.63, 3.8) is 0 Å². The number of hydrogen-bond donors (Lipinski definition) is 0. The summed E-state index contributed by atoms with van der Waals surface area (Å²) >= 11 is 1.86. The Morgan fingerprint density at radius 2 is 0.829 bits per heavy atom. The first-order chi connectivity index (χ1) is 34.7.